The van der Waals surface area contributed by atoms with Gasteiger partial charge in [0.25, 0.3) is 0 Å². The summed E-state index contributed by atoms with van der Waals surface area (Å²) in [5, 5.41) is 3.21. The van der Waals surface area contributed by atoms with Crippen LogP contribution in [0.3, 0.4) is 0 Å². The molecule has 2 rings (SSSR count). The molecule has 0 bridgehead atoms. The van der Waals surface area contributed by atoms with Gasteiger partial charge in [-0.15, -0.1) is 0 Å². The van der Waals surface area contributed by atoms with Crippen molar-refractivity contribution in [1.82, 2.24) is 9.80 Å². The predicted molar refractivity (Wildman–Crippen MR) is 104 cm³/mol. The maximum Gasteiger partial charge on any atom is 0.193 e. The van der Waals surface area contributed by atoms with E-state index in [1.54, 1.807) is 0 Å². The Hall–Kier alpha value is -1.59. The number of anilines is 1. The van der Waals surface area contributed by atoms with E-state index in [1.165, 1.54) is 5.56 Å². The Kier molecular flexibility index (Phi) is 7.06. The zero-order chi connectivity index (χ0) is 17.5. The predicted octanol–water partition coefficient (Wildman–Crippen LogP) is 2.56. The number of piperazine rings is 1. The molecule has 0 spiro atoms. The second kappa shape index (κ2) is 9.04. The van der Waals surface area contributed by atoms with Crippen LogP contribution in [-0.2, 0) is 0 Å². The zero-order valence-corrected chi connectivity index (χ0v) is 15.6. The first-order valence-electron chi connectivity index (χ1n) is 9.13. The van der Waals surface area contributed by atoms with Crippen molar-refractivity contribution in [2.45, 2.75) is 39.7 Å². The van der Waals surface area contributed by atoms with E-state index >= 15 is 0 Å². The van der Waals surface area contributed by atoms with Gasteiger partial charge in [-0.3, -0.25) is 9.89 Å². The quantitative estimate of drug-likeness (QED) is 0.621. The molecule has 1 saturated heterocycles. The average Bonchev–Trinajstić information content (AvgIpc) is 2.60. The highest BCUT2D eigenvalue weighted by Crippen LogP contribution is 2.18. The smallest absolute Gasteiger partial charge is 0.193 e. The summed E-state index contributed by atoms with van der Waals surface area (Å²) in [5.74, 6) is 1.00. The number of hydrogen-bond acceptors (Lipinski definition) is 3. The van der Waals surface area contributed by atoms with E-state index in [2.05, 4.69) is 66.0 Å². The SMILES string of the molecule is CCN1CCN(C(C)CN=C(N)Nc2cccc(C(C)C)c2)CC1. The summed E-state index contributed by atoms with van der Waals surface area (Å²) < 4.78 is 0. The molecule has 0 saturated carbocycles. The number of likely N-dealkylation sites (N-methyl/N-ethyl adjacent to an activating group) is 1. The second-order valence-corrected chi connectivity index (χ2v) is 6.95. The van der Waals surface area contributed by atoms with Crippen LogP contribution in [-0.4, -0.2) is 61.1 Å². The van der Waals surface area contributed by atoms with Crippen molar-refractivity contribution in [3.05, 3.63) is 29.8 Å². The standard InChI is InChI=1S/C19H33N5/c1-5-23-9-11-24(12-10-23)16(4)14-21-19(20)22-18-8-6-7-17(13-18)15(2)3/h6-8,13,15-16H,5,9-12,14H2,1-4H3,(H3,20,21,22). The largest absolute Gasteiger partial charge is 0.370 e. The van der Waals surface area contributed by atoms with Gasteiger partial charge in [-0.25, -0.2) is 0 Å². The van der Waals surface area contributed by atoms with E-state index in [0.29, 0.717) is 17.9 Å². The van der Waals surface area contributed by atoms with E-state index in [1.807, 2.05) is 6.07 Å². The topological polar surface area (TPSA) is 56.9 Å². The third kappa shape index (κ3) is 5.49. The van der Waals surface area contributed by atoms with E-state index in [9.17, 15) is 0 Å². The molecule has 0 radical (unpaired) electrons. The number of nitrogens with zero attached hydrogens (tertiary/aromatic N) is 3. The van der Waals surface area contributed by atoms with Gasteiger partial charge in [0.05, 0.1) is 6.54 Å². The van der Waals surface area contributed by atoms with Crippen molar-refractivity contribution >= 4 is 11.6 Å². The molecule has 1 aromatic rings. The van der Waals surface area contributed by atoms with Crippen molar-refractivity contribution in [3.8, 4) is 0 Å². The number of nitrogens with two attached hydrogens (primary N) is 1. The maximum atomic E-state index is 6.07. The van der Waals surface area contributed by atoms with Crippen LogP contribution in [0.4, 0.5) is 5.69 Å². The summed E-state index contributed by atoms with van der Waals surface area (Å²) in [5.41, 5.74) is 8.37. The van der Waals surface area contributed by atoms with Crippen molar-refractivity contribution in [3.63, 3.8) is 0 Å². The molecule has 5 nitrogen and oxygen atoms in total. The molecule has 0 amide bonds. The van der Waals surface area contributed by atoms with Gasteiger partial charge < -0.3 is 16.0 Å². The Bertz CT molecular complexity index is 532. The summed E-state index contributed by atoms with van der Waals surface area (Å²) in [4.78, 5) is 9.53. The molecule has 1 aliphatic heterocycles. The summed E-state index contributed by atoms with van der Waals surface area (Å²) in [6.07, 6.45) is 0. The van der Waals surface area contributed by atoms with Gasteiger partial charge in [0.15, 0.2) is 5.96 Å². The number of rotatable bonds is 6. The highest BCUT2D eigenvalue weighted by atomic mass is 15.3. The Labute approximate surface area is 146 Å². The minimum atomic E-state index is 0.423. The van der Waals surface area contributed by atoms with Gasteiger partial charge in [0, 0.05) is 37.9 Å². The van der Waals surface area contributed by atoms with Crippen molar-refractivity contribution in [2.75, 3.05) is 44.6 Å². The van der Waals surface area contributed by atoms with Crippen LogP contribution in [0.5, 0.6) is 0 Å². The molecule has 1 aromatic carbocycles. The molecule has 0 aliphatic carbocycles. The number of benzene rings is 1. The first-order chi connectivity index (χ1) is 11.5. The molecule has 1 atom stereocenters. The summed E-state index contributed by atoms with van der Waals surface area (Å²) in [6, 6.07) is 8.79. The van der Waals surface area contributed by atoms with Crippen LogP contribution < -0.4 is 11.1 Å². The van der Waals surface area contributed by atoms with Crippen LogP contribution in [0.15, 0.2) is 29.3 Å². The highest BCUT2D eigenvalue weighted by Gasteiger charge is 2.19. The van der Waals surface area contributed by atoms with Gasteiger partial charge in [0.1, 0.15) is 0 Å². The van der Waals surface area contributed by atoms with Gasteiger partial charge in [-0.1, -0.05) is 32.9 Å². The lowest BCUT2D eigenvalue weighted by Crippen LogP contribution is -2.50. The fraction of sp³-hybridized carbons (Fsp3) is 0.632. The molecule has 1 unspecified atom stereocenters. The molecular formula is C19H33N5. The minimum Gasteiger partial charge on any atom is -0.370 e. The average molecular weight is 332 g/mol. The molecule has 5 heteroatoms. The second-order valence-electron chi connectivity index (χ2n) is 6.95. The molecule has 1 heterocycles. The molecule has 134 valence electrons. The highest BCUT2D eigenvalue weighted by molar-refractivity contribution is 5.92. The van der Waals surface area contributed by atoms with Crippen molar-refractivity contribution in [2.24, 2.45) is 10.7 Å². The van der Waals surface area contributed by atoms with Crippen molar-refractivity contribution in [1.29, 1.82) is 0 Å². The van der Waals surface area contributed by atoms with Gasteiger partial charge in [0.2, 0.25) is 0 Å². The number of aliphatic imine (C=N–C) groups is 1. The monoisotopic (exact) mass is 331 g/mol. The number of hydrogen-bond donors (Lipinski definition) is 2. The maximum absolute atomic E-state index is 6.07. The third-order valence-corrected chi connectivity index (χ3v) is 4.83. The Morgan fingerprint density at radius 2 is 1.92 bits per heavy atom. The normalized spacial score (nSPS) is 18.8. The molecule has 3 N–H and O–H groups in total. The summed E-state index contributed by atoms with van der Waals surface area (Å²) >= 11 is 0. The first kappa shape index (κ1) is 18.7. The molecule has 1 fully saturated rings. The molecule has 0 aromatic heterocycles. The van der Waals surface area contributed by atoms with Crippen LogP contribution in [0.2, 0.25) is 0 Å². The Balaban J connectivity index is 1.84. The van der Waals surface area contributed by atoms with E-state index in [4.69, 9.17) is 5.73 Å². The van der Waals surface area contributed by atoms with E-state index in [0.717, 1.165) is 45.0 Å². The number of guanidine groups is 1. The van der Waals surface area contributed by atoms with Gasteiger partial charge in [-0.2, -0.15) is 0 Å². The summed E-state index contributed by atoms with van der Waals surface area (Å²) in [6.45, 7) is 15.3. The van der Waals surface area contributed by atoms with E-state index in [-0.39, 0.29) is 0 Å². The lowest BCUT2D eigenvalue weighted by Gasteiger charge is -2.37. The Morgan fingerprint density at radius 1 is 1.21 bits per heavy atom. The van der Waals surface area contributed by atoms with Crippen LogP contribution in [0, 0.1) is 0 Å². The first-order valence-corrected chi connectivity index (χ1v) is 9.13. The molecule has 24 heavy (non-hydrogen) atoms. The Morgan fingerprint density at radius 3 is 2.54 bits per heavy atom. The third-order valence-electron chi connectivity index (χ3n) is 4.83. The fourth-order valence-corrected chi connectivity index (χ4v) is 3.03. The molecule has 1 aliphatic rings. The van der Waals surface area contributed by atoms with E-state index < -0.39 is 0 Å². The minimum absolute atomic E-state index is 0.423. The van der Waals surface area contributed by atoms with Gasteiger partial charge >= 0.3 is 0 Å². The van der Waals surface area contributed by atoms with Crippen LogP contribution >= 0.6 is 0 Å². The summed E-state index contributed by atoms with van der Waals surface area (Å²) in [7, 11) is 0. The zero-order valence-electron chi connectivity index (χ0n) is 15.6. The molecular weight excluding hydrogens is 298 g/mol. The fourth-order valence-electron chi connectivity index (χ4n) is 3.03. The van der Waals surface area contributed by atoms with Crippen LogP contribution in [0.25, 0.3) is 0 Å². The lowest BCUT2D eigenvalue weighted by molar-refractivity contribution is 0.109. The van der Waals surface area contributed by atoms with Gasteiger partial charge in [-0.05, 0) is 37.1 Å². The van der Waals surface area contributed by atoms with Crippen molar-refractivity contribution < 1.29 is 0 Å². The van der Waals surface area contributed by atoms with Crippen LogP contribution in [0.1, 0.15) is 39.2 Å². The number of nitrogens with one attached hydrogen (secondary N) is 1. The lowest BCUT2D eigenvalue weighted by atomic mass is 10.0.